The van der Waals surface area contributed by atoms with Gasteiger partial charge in [0.1, 0.15) is 4.90 Å². The van der Waals surface area contributed by atoms with Crippen LogP contribution >= 0.6 is 15.9 Å². The average Bonchev–Trinajstić information content (AvgIpc) is 2.34. The van der Waals surface area contributed by atoms with Gasteiger partial charge >= 0.3 is 0 Å². The van der Waals surface area contributed by atoms with E-state index in [0.717, 1.165) is 11.1 Å². The third kappa shape index (κ3) is 3.07. The van der Waals surface area contributed by atoms with Crippen LogP contribution in [0.3, 0.4) is 0 Å². The van der Waals surface area contributed by atoms with Crippen molar-refractivity contribution in [2.75, 3.05) is 10.5 Å². The molecule has 0 amide bonds. The van der Waals surface area contributed by atoms with Crippen molar-refractivity contribution < 1.29 is 8.42 Å². The number of anilines is 2. The third-order valence-corrected chi connectivity index (χ3v) is 4.56. The normalized spacial score (nSPS) is 11.3. The average molecular weight is 357 g/mol. The maximum atomic E-state index is 12.2. The molecule has 1 heterocycles. The SMILES string of the molecule is Cc1cc(C)c(NS(=O)(=O)c2cnc(N)nc2)c(Br)c1. The summed E-state index contributed by atoms with van der Waals surface area (Å²) < 4.78 is 27.7. The first-order chi connectivity index (χ1) is 9.29. The minimum absolute atomic E-state index is 0.0247. The van der Waals surface area contributed by atoms with Gasteiger partial charge in [0.05, 0.1) is 18.1 Å². The van der Waals surface area contributed by atoms with E-state index in [0.29, 0.717) is 10.2 Å². The number of benzene rings is 1. The van der Waals surface area contributed by atoms with E-state index in [2.05, 4.69) is 30.6 Å². The van der Waals surface area contributed by atoms with Crippen LogP contribution in [0, 0.1) is 13.8 Å². The summed E-state index contributed by atoms with van der Waals surface area (Å²) in [5.74, 6) is 0.0247. The van der Waals surface area contributed by atoms with Gasteiger partial charge in [-0.2, -0.15) is 0 Å². The molecular formula is C12H13BrN4O2S. The number of hydrogen-bond acceptors (Lipinski definition) is 5. The lowest BCUT2D eigenvalue weighted by Crippen LogP contribution is -2.15. The van der Waals surface area contributed by atoms with E-state index >= 15 is 0 Å². The highest BCUT2D eigenvalue weighted by atomic mass is 79.9. The maximum Gasteiger partial charge on any atom is 0.265 e. The number of aryl methyl sites for hydroxylation is 2. The Bertz CT molecular complexity index is 722. The number of nitrogen functional groups attached to an aromatic ring is 1. The second kappa shape index (κ2) is 5.37. The van der Waals surface area contributed by atoms with Crippen LogP contribution in [0.15, 0.2) is 33.9 Å². The van der Waals surface area contributed by atoms with Crippen molar-refractivity contribution in [1.29, 1.82) is 0 Å². The molecule has 1 aromatic carbocycles. The molecule has 20 heavy (non-hydrogen) atoms. The maximum absolute atomic E-state index is 12.2. The standard InChI is InChI=1S/C12H13BrN4O2S/c1-7-3-8(2)11(10(13)4-7)17-20(18,19)9-5-15-12(14)16-6-9/h3-6,17H,1-2H3,(H2,14,15,16). The van der Waals surface area contributed by atoms with Crippen LogP contribution in [-0.2, 0) is 10.0 Å². The molecule has 3 N–H and O–H groups in total. The van der Waals surface area contributed by atoms with Crippen molar-refractivity contribution in [2.24, 2.45) is 0 Å². The number of hydrogen-bond donors (Lipinski definition) is 2. The molecule has 0 radical (unpaired) electrons. The molecule has 106 valence electrons. The van der Waals surface area contributed by atoms with E-state index in [1.807, 2.05) is 26.0 Å². The molecule has 2 aromatic rings. The van der Waals surface area contributed by atoms with Crippen LogP contribution in [0.2, 0.25) is 0 Å². The highest BCUT2D eigenvalue weighted by Crippen LogP contribution is 2.29. The zero-order valence-corrected chi connectivity index (χ0v) is 13.3. The summed E-state index contributed by atoms with van der Waals surface area (Å²) >= 11 is 3.36. The molecule has 1 aromatic heterocycles. The first-order valence-corrected chi connectivity index (χ1v) is 7.94. The third-order valence-electron chi connectivity index (χ3n) is 2.63. The van der Waals surface area contributed by atoms with Crippen LogP contribution in [0.4, 0.5) is 11.6 Å². The smallest absolute Gasteiger partial charge is 0.265 e. The molecule has 0 atom stereocenters. The molecule has 0 bridgehead atoms. The second-order valence-electron chi connectivity index (χ2n) is 4.32. The van der Waals surface area contributed by atoms with Crippen molar-refractivity contribution in [1.82, 2.24) is 9.97 Å². The van der Waals surface area contributed by atoms with Crippen molar-refractivity contribution >= 4 is 37.6 Å². The molecule has 0 spiro atoms. The van der Waals surface area contributed by atoms with Crippen LogP contribution in [0.1, 0.15) is 11.1 Å². The summed E-state index contributed by atoms with van der Waals surface area (Å²) in [5, 5.41) is 0. The molecule has 0 aliphatic rings. The molecule has 2 rings (SSSR count). The number of aromatic nitrogens is 2. The summed E-state index contributed by atoms with van der Waals surface area (Å²) in [5.41, 5.74) is 7.69. The molecule has 6 nitrogen and oxygen atoms in total. The van der Waals surface area contributed by atoms with E-state index in [-0.39, 0.29) is 10.8 Å². The molecule has 0 aliphatic carbocycles. The predicted molar refractivity (Wildman–Crippen MR) is 80.9 cm³/mol. The number of rotatable bonds is 3. The molecule has 0 saturated heterocycles. The quantitative estimate of drug-likeness (QED) is 0.878. The molecular weight excluding hydrogens is 344 g/mol. The first kappa shape index (κ1) is 14.7. The van der Waals surface area contributed by atoms with Gasteiger partial charge < -0.3 is 5.73 Å². The number of nitrogens with two attached hydrogens (primary N) is 1. The highest BCUT2D eigenvalue weighted by Gasteiger charge is 2.18. The Morgan fingerprint density at radius 2 is 1.80 bits per heavy atom. The Morgan fingerprint density at radius 1 is 1.20 bits per heavy atom. The molecule has 0 saturated carbocycles. The van der Waals surface area contributed by atoms with E-state index in [1.54, 1.807) is 0 Å². The minimum atomic E-state index is -3.75. The van der Waals surface area contributed by atoms with Gasteiger partial charge in [-0.05, 0) is 47.0 Å². The van der Waals surface area contributed by atoms with E-state index in [9.17, 15) is 8.42 Å². The molecule has 8 heteroatoms. The summed E-state index contributed by atoms with van der Waals surface area (Å²) in [4.78, 5) is 7.32. The zero-order valence-electron chi connectivity index (χ0n) is 10.9. The fourth-order valence-corrected chi connectivity index (χ4v) is 3.65. The molecule has 0 aliphatic heterocycles. The first-order valence-electron chi connectivity index (χ1n) is 5.66. The summed E-state index contributed by atoms with van der Waals surface area (Å²) in [6.45, 7) is 3.76. The Morgan fingerprint density at radius 3 is 2.35 bits per heavy atom. The van der Waals surface area contributed by atoms with Crippen LogP contribution in [0.5, 0.6) is 0 Å². The monoisotopic (exact) mass is 356 g/mol. The van der Waals surface area contributed by atoms with E-state index < -0.39 is 10.0 Å². The Hall–Kier alpha value is -1.67. The second-order valence-corrected chi connectivity index (χ2v) is 6.86. The number of sulfonamides is 1. The van der Waals surface area contributed by atoms with E-state index in [1.165, 1.54) is 12.4 Å². The Labute approximate surface area is 125 Å². The fourth-order valence-electron chi connectivity index (χ4n) is 1.70. The number of nitrogens with one attached hydrogen (secondary N) is 1. The topological polar surface area (TPSA) is 98.0 Å². The minimum Gasteiger partial charge on any atom is -0.368 e. The van der Waals surface area contributed by atoms with Gasteiger partial charge in [0.2, 0.25) is 5.95 Å². The van der Waals surface area contributed by atoms with Gasteiger partial charge in [-0.1, -0.05) is 6.07 Å². The molecule has 0 fully saturated rings. The van der Waals surface area contributed by atoms with Crippen molar-refractivity contribution in [2.45, 2.75) is 18.7 Å². The van der Waals surface area contributed by atoms with Gasteiger partial charge in [0.25, 0.3) is 10.0 Å². The fraction of sp³-hybridized carbons (Fsp3) is 0.167. The zero-order chi connectivity index (χ0) is 14.9. The van der Waals surface area contributed by atoms with Crippen molar-refractivity contribution in [3.8, 4) is 0 Å². The predicted octanol–water partition coefficient (Wildman–Crippen LogP) is 2.24. The van der Waals surface area contributed by atoms with Crippen molar-refractivity contribution in [3.05, 3.63) is 40.1 Å². The lowest BCUT2D eigenvalue weighted by Gasteiger charge is -2.13. The van der Waals surface area contributed by atoms with Gasteiger partial charge in [-0.3, -0.25) is 4.72 Å². The lowest BCUT2D eigenvalue weighted by atomic mass is 10.1. The van der Waals surface area contributed by atoms with Crippen LogP contribution in [0.25, 0.3) is 0 Å². The number of halogens is 1. The van der Waals surface area contributed by atoms with Gasteiger partial charge in [0, 0.05) is 4.47 Å². The van der Waals surface area contributed by atoms with Crippen LogP contribution < -0.4 is 10.5 Å². The summed E-state index contributed by atoms with van der Waals surface area (Å²) in [7, 11) is -3.75. The van der Waals surface area contributed by atoms with Gasteiger partial charge in [0.15, 0.2) is 0 Å². The van der Waals surface area contributed by atoms with Gasteiger partial charge in [-0.25, -0.2) is 18.4 Å². The van der Waals surface area contributed by atoms with E-state index in [4.69, 9.17) is 5.73 Å². The highest BCUT2D eigenvalue weighted by molar-refractivity contribution is 9.10. The van der Waals surface area contributed by atoms with Crippen molar-refractivity contribution in [3.63, 3.8) is 0 Å². The summed E-state index contributed by atoms with van der Waals surface area (Å²) in [6, 6.07) is 3.73. The molecule has 0 unspecified atom stereocenters. The summed E-state index contributed by atoms with van der Waals surface area (Å²) in [6.07, 6.45) is 2.34. The number of nitrogens with zero attached hydrogens (tertiary/aromatic N) is 2. The lowest BCUT2D eigenvalue weighted by molar-refractivity contribution is 0.600. The Balaban J connectivity index is 2.41. The largest absolute Gasteiger partial charge is 0.368 e. The van der Waals surface area contributed by atoms with Gasteiger partial charge in [-0.15, -0.1) is 0 Å². The Kier molecular flexibility index (Phi) is 3.96. The van der Waals surface area contributed by atoms with Crippen LogP contribution in [-0.4, -0.2) is 18.4 Å².